The van der Waals surface area contributed by atoms with Gasteiger partial charge in [-0.15, -0.1) is 0 Å². The minimum Gasteiger partial charge on any atom is -0.264 e. The first-order chi connectivity index (χ1) is 12.7. The predicted octanol–water partition coefficient (Wildman–Crippen LogP) is 5.33. The summed E-state index contributed by atoms with van der Waals surface area (Å²) in [4.78, 5) is 4.14. The van der Waals surface area contributed by atoms with Crippen molar-refractivity contribution in [1.29, 1.82) is 5.26 Å². The standard InChI is InChI=1S/C23H19FN2/c24-22-12-4-11-21(15-22)23(18-25,16-20-10-6-14-26-17-20)13-5-9-19-7-2-1-3-8-19/h1-12,14-15,17H,13,16H2. The highest BCUT2D eigenvalue weighted by Gasteiger charge is 2.32. The molecule has 2 nitrogen and oxygen atoms in total. The predicted molar refractivity (Wildman–Crippen MR) is 102 cm³/mol. The van der Waals surface area contributed by atoms with Gasteiger partial charge in [0, 0.05) is 12.4 Å². The van der Waals surface area contributed by atoms with E-state index in [2.05, 4.69) is 11.1 Å². The Balaban J connectivity index is 1.94. The van der Waals surface area contributed by atoms with E-state index in [9.17, 15) is 9.65 Å². The van der Waals surface area contributed by atoms with Crippen LogP contribution >= 0.6 is 0 Å². The lowest BCUT2D eigenvalue weighted by atomic mass is 9.74. The van der Waals surface area contributed by atoms with Crippen molar-refractivity contribution in [2.75, 3.05) is 0 Å². The Morgan fingerprint density at radius 1 is 1.04 bits per heavy atom. The molecule has 1 heterocycles. The SMILES string of the molecule is N#CC(CC=Cc1ccccc1)(Cc1cccnc1)c1cccc(F)c1. The summed E-state index contributed by atoms with van der Waals surface area (Å²) < 4.78 is 13.8. The van der Waals surface area contributed by atoms with Crippen molar-refractivity contribution in [3.63, 3.8) is 0 Å². The molecule has 0 aliphatic rings. The molecular weight excluding hydrogens is 323 g/mol. The summed E-state index contributed by atoms with van der Waals surface area (Å²) >= 11 is 0. The number of allylic oxidation sites excluding steroid dienone is 1. The van der Waals surface area contributed by atoms with Crippen LogP contribution in [0.1, 0.15) is 23.1 Å². The first-order valence-corrected chi connectivity index (χ1v) is 8.50. The van der Waals surface area contributed by atoms with Gasteiger partial charge >= 0.3 is 0 Å². The van der Waals surface area contributed by atoms with Crippen LogP contribution in [0.4, 0.5) is 4.39 Å². The summed E-state index contributed by atoms with van der Waals surface area (Å²) in [6.07, 6.45) is 8.40. The molecule has 0 aliphatic carbocycles. The van der Waals surface area contributed by atoms with E-state index in [-0.39, 0.29) is 5.82 Å². The third-order valence-electron chi connectivity index (χ3n) is 4.40. The van der Waals surface area contributed by atoms with Crippen molar-refractivity contribution < 1.29 is 4.39 Å². The minimum atomic E-state index is -0.851. The summed E-state index contributed by atoms with van der Waals surface area (Å²) in [6.45, 7) is 0. The maximum absolute atomic E-state index is 13.8. The van der Waals surface area contributed by atoms with Crippen LogP contribution in [0.2, 0.25) is 0 Å². The Morgan fingerprint density at radius 3 is 2.58 bits per heavy atom. The normalized spacial score (nSPS) is 13.2. The van der Waals surface area contributed by atoms with Gasteiger partial charge in [0.15, 0.2) is 0 Å². The molecule has 0 radical (unpaired) electrons. The summed E-state index contributed by atoms with van der Waals surface area (Å²) in [7, 11) is 0. The maximum Gasteiger partial charge on any atom is 0.123 e. The van der Waals surface area contributed by atoms with E-state index < -0.39 is 5.41 Å². The molecule has 3 aromatic rings. The zero-order valence-corrected chi connectivity index (χ0v) is 14.3. The molecule has 0 saturated heterocycles. The highest BCUT2D eigenvalue weighted by atomic mass is 19.1. The average molecular weight is 342 g/mol. The van der Waals surface area contributed by atoms with Gasteiger partial charge in [0.1, 0.15) is 5.82 Å². The molecule has 0 fully saturated rings. The van der Waals surface area contributed by atoms with Crippen LogP contribution < -0.4 is 0 Å². The fraction of sp³-hybridized carbons (Fsp3) is 0.130. The molecule has 128 valence electrons. The van der Waals surface area contributed by atoms with Gasteiger partial charge in [-0.05, 0) is 47.7 Å². The van der Waals surface area contributed by atoms with Crippen LogP contribution in [-0.4, -0.2) is 4.98 Å². The van der Waals surface area contributed by atoms with Crippen LogP contribution in [0, 0.1) is 17.1 Å². The average Bonchev–Trinajstić information content (AvgIpc) is 2.69. The quantitative estimate of drug-likeness (QED) is 0.607. The number of benzene rings is 2. The molecule has 0 amide bonds. The highest BCUT2D eigenvalue weighted by Crippen LogP contribution is 2.33. The molecule has 26 heavy (non-hydrogen) atoms. The second-order valence-corrected chi connectivity index (χ2v) is 6.26. The van der Waals surface area contributed by atoms with Crippen molar-refractivity contribution >= 4 is 6.08 Å². The molecule has 2 aromatic carbocycles. The van der Waals surface area contributed by atoms with Crippen molar-refractivity contribution in [2.24, 2.45) is 0 Å². The van der Waals surface area contributed by atoms with Gasteiger partial charge in [-0.2, -0.15) is 5.26 Å². The van der Waals surface area contributed by atoms with E-state index in [0.29, 0.717) is 18.4 Å². The maximum atomic E-state index is 13.8. The van der Waals surface area contributed by atoms with Crippen molar-refractivity contribution in [3.05, 3.63) is 108 Å². The number of nitrogens with zero attached hydrogens (tertiary/aromatic N) is 2. The van der Waals surface area contributed by atoms with Gasteiger partial charge in [-0.1, -0.05) is 60.7 Å². The lowest BCUT2D eigenvalue weighted by Gasteiger charge is -2.26. The highest BCUT2D eigenvalue weighted by molar-refractivity contribution is 5.50. The molecular formula is C23H19FN2. The van der Waals surface area contributed by atoms with Gasteiger partial charge < -0.3 is 0 Å². The molecule has 1 unspecified atom stereocenters. The summed E-state index contributed by atoms with van der Waals surface area (Å²) in [5.41, 5.74) is 1.85. The first-order valence-electron chi connectivity index (χ1n) is 8.50. The van der Waals surface area contributed by atoms with Crippen molar-refractivity contribution in [2.45, 2.75) is 18.3 Å². The molecule has 0 bridgehead atoms. The van der Waals surface area contributed by atoms with E-state index >= 15 is 0 Å². The molecule has 0 N–H and O–H groups in total. The van der Waals surface area contributed by atoms with Crippen LogP contribution in [0.25, 0.3) is 6.08 Å². The Bertz CT molecular complexity index is 914. The summed E-state index contributed by atoms with van der Waals surface area (Å²) in [6, 6.07) is 22.5. The minimum absolute atomic E-state index is 0.333. The van der Waals surface area contributed by atoms with Gasteiger partial charge in [0.25, 0.3) is 0 Å². The summed E-state index contributed by atoms with van der Waals surface area (Å²) in [5, 5.41) is 10.1. The van der Waals surface area contributed by atoms with Crippen LogP contribution in [0.3, 0.4) is 0 Å². The molecule has 0 saturated carbocycles. The third kappa shape index (κ3) is 4.23. The molecule has 1 atom stereocenters. The van der Waals surface area contributed by atoms with E-state index in [1.807, 2.05) is 60.7 Å². The van der Waals surface area contributed by atoms with E-state index in [1.165, 1.54) is 12.1 Å². The number of halogens is 1. The van der Waals surface area contributed by atoms with Crippen molar-refractivity contribution in [1.82, 2.24) is 4.98 Å². The van der Waals surface area contributed by atoms with Gasteiger partial charge in [-0.3, -0.25) is 4.98 Å². The molecule has 0 aliphatic heterocycles. The zero-order chi connectivity index (χ0) is 18.2. The number of hydrogen-bond acceptors (Lipinski definition) is 2. The fourth-order valence-corrected chi connectivity index (χ4v) is 3.04. The van der Waals surface area contributed by atoms with Crippen molar-refractivity contribution in [3.8, 4) is 6.07 Å². The number of nitriles is 1. The monoisotopic (exact) mass is 342 g/mol. The van der Waals surface area contributed by atoms with E-state index in [1.54, 1.807) is 18.5 Å². The Hall–Kier alpha value is -3.25. The summed E-state index contributed by atoms with van der Waals surface area (Å²) in [5.74, 6) is -0.333. The Kier molecular flexibility index (Phi) is 5.56. The number of hydrogen-bond donors (Lipinski definition) is 0. The topological polar surface area (TPSA) is 36.7 Å². The van der Waals surface area contributed by atoms with Crippen LogP contribution in [0.5, 0.6) is 0 Å². The largest absolute Gasteiger partial charge is 0.264 e. The number of aromatic nitrogens is 1. The Morgan fingerprint density at radius 2 is 1.88 bits per heavy atom. The van der Waals surface area contributed by atoms with E-state index in [4.69, 9.17) is 0 Å². The molecule has 3 heteroatoms. The smallest absolute Gasteiger partial charge is 0.123 e. The first kappa shape index (κ1) is 17.6. The van der Waals surface area contributed by atoms with Crippen LogP contribution in [-0.2, 0) is 11.8 Å². The van der Waals surface area contributed by atoms with Gasteiger partial charge in [0.05, 0.1) is 11.5 Å². The number of rotatable bonds is 6. The lowest BCUT2D eigenvalue weighted by Crippen LogP contribution is -2.27. The zero-order valence-electron chi connectivity index (χ0n) is 14.3. The lowest BCUT2D eigenvalue weighted by molar-refractivity contribution is 0.543. The Labute approximate surface area is 153 Å². The third-order valence-corrected chi connectivity index (χ3v) is 4.40. The van der Waals surface area contributed by atoms with Crippen LogP contribution in [0.15, 0.2) is 85.2 Å². The van der Waals surface area contributed by atoms with Gasteiger partial charge in [0.2, 0.25) is 0 Å². The van der Waals surface area contributed by atoms with E-state index in [0.717, 1.165) is 11.1 Å². The molecule has 0 spiro atoms. The molecule has 1 aromatic heterocycles. The fourth-order valence-electron chi connectivity index (χ4n) is 3.04. The second kappa shape index (κ2) is 8.22. The number of pyridine rings is 1. The van der Waals surface area contributed by atoms with Gasteiger partial charge in [-0.25, -0.2) is 4.39 Å². The second-order valence-electron chi connectivity index (χ2n) is 6.26. The molecule has 3 rings (SSSR count).